The fraction of sp³-hybridized carbons (Fsp3) is 0.600. The number of rotatable bonds is 3. The average molecular weight is 376 g/mol. The van der Waals surface area contributed by atoms with Crippen LogP contribution in [0.3, 0.4) is 0 Å². The number of ether oxygens (including phenoxy) is 2. The second-order valence-electron chi connectivity index (χ2n) is 8.50. The van der Waals surface area contributed by atoms with Gasteiger partial charge in [0.1, 0.15) is 12.2 Å². The van der Waals surface area contributed by atoms with E-state index in [9.17, 15) is 14.7 Å². The molecule has 1 aromatic rings. The van der Waals surface area contributed by atoms with Crippen molar-refractivity contribution >= 4 is 12.2 Å². The average Bonchev–Trinajstić information content (AvgIpc) is 2.98. The van der Waals surface area contributed by atoms with Gasteiger partial charge in [0.05, 0.1) is 0 Å². The summed E-state index contributed by atoms with van der Waals surface area (Å²) in [6.45, 7) is 7.56. The third-order valence-electron chi connectivity index (χ3n) is 5.16. The minimum atomic E-state index is -0.542. The van der Waals surface area contributed by atoms with Crippen molar-refractivity contribution in [3.05, 3.63) is 35.9 Å². The quantitative estimate of drug-likeness (QED) is 0.877. The molecular formula is C20H28N2O5. The Kier molecular flexibility index (Phi) is 5.33. The van der Waals surface area contributed by atoms with Gasteiger partial charge < -0.3 is 24.4 Å². The van der Waals surface area contributed by atoms with Gasteiger partial charge in [-0.2, -0.15) is 0 Å². The van der Waals surface area contributed by atoms with Gasteiger partial charge in [0.2, 0.25) is 0 Å². The zero-order chi connectivity index (χ0) is 19.7. The molecule has 1 spiro atoms. The van der Waals surface area contributed by atoms with Gasteiger partial charge in [-0.05, 0) is 26.3 Å². The molecule has 1 N–H and O–H groups in total. The molecule has 0 saturated carbocycles. The van der Waals surface area contributed by atoms with Crippen LogP contribution in [0.25, 0.3) is 0 Å². The summed E-state index contributed by atoms with van der Waals surface area (Å²) in [5.41, 5.74) is 0.106. The lowest BCUT2D eigenvalue weighted by molar-refractivity contribution is -0.0528. The first kappa shape index (κ1) is 19.5. The summed E-state index contributed by atoms with van der Waals surface area (Å²) in [5.74, 6) is -0.0690. The molecule has 0 unspecified atom stereocenters. The predicted molar refractivity (Wildman–Crippen MR) is 99.0 cm³/mol. The molecule has 2 aliphatic rings. The summed E-state index contributed by atoms with van der Waals surface area (Å²) in [6.07, 6.45) is -0.736. The summed E-state index contributed by atoms with van der Waals surface area (Å²) in [6, 6.07) is 9.51. The van der Waals surface area contributed by atoms with Crippen molar-refractivity contribution in [2.45, 2.75) is 33.0 Å². The van der Waals surface area contributed by atoms with Crippen LogP contribution in [0.5, 0.6) is 0 Å². The first-order chi connectivity index (χ1) is 12.7. The van der Waals surface area contributed by atoms with E-state index in [2.05, 4.69) is 0 Å². The van der Waals surface area contributed by atoms with Crippen LogP contribution in [0, 0.1) is 11.3 Å². The Bertz CT molecular complexity index is 679. The van der Waals surface area contributed by atoms with E-state index >= 15 is 0 Å². The molecule has 2 amide bonds. The second kappa shape index (κ2) is 7.38. The lowest BCUT2D eigenvalue weighted by atomic mass is 9.72. The third-order valence-corrected chi connectivity index (χ3v) is 5.16. The van der Waals surface area contributed by atoms with Gasteiger partial charge in [0, 0.05) is 44.1 Å². The Morgan fingerprint density at radius 2 is 1.74 bits per heavy atom. The zero-order valence-corrected chi connectivity index (χ0v) is 16.2. The van der Waals surface area contributed by atoms with Crippen molar-refractivity contribution in [1.82, 2.24) is 9.80 Å². The normalized spacial score (nSPS) is 21.1. The van der Waals surface area contributed by atoms with E-state index in [0.29, 0.717) is 26.2 Å². The Hall–Kier alpha value is -2.28. The summed E-state index contributed by atoms with van der Waals surface area (Å²) in [5, 5.41) is 9.77. The van der Waals surface area contributed by atoms with Gasteiger partial charge in [0.15, 0.2) is 0 Å². The molecule has 1 atom stereocenters. The predicted octanol–water partition coefficient (Wildman–Crippen LogP) is 2.48. The summed E-state index contributed by atoms with van der Waals surface area (Å²) < 4.78 is 10.8. The smallest absolute Gasteiger partial charge is 0.410 e. The number of carbonyl (C=O) groups excluding carboxylic acids is 2. The number of aliphatic hydroxyl groups excluding tert-OH is 1. The van der Waals surface area contributed by atoms with Crippen molar-refractivity contribution in [3.63, 3.8) is 0 Å². The molecule has 7 heteroatoms. The van der Waals surface area contributed by atoms with E-state index in [1.165, 1.54) is 0 Å². The van der Waals surface area contributed by atoms with Crippen molar-refractivity contribution in [1.29, 1.82) is 0 Å². The first-order valence-electron chi connectivity index (χ1n) is 9.27. The van der Waals surface area contributed by atoms with Crippen molar-refractivity contribution < 1.29 is 24.2 Å². The molecule has 2 fully saturated rings. The maximum Gasteiger partial charge on any atom is 0.410 e. The number of benzene rings is 1. The van der Waals surface area contributed by atoms with Gasteiger partial charge in [-0.25, -0.2) is 9.59 Å². The van der Waals surface area contributed by atoms with E-state index < -0.39 is 5.60 Å². The molecule has 2 aliphatic heterocycles. The van der Waals surface area contributed by atoms with Crippen LogP contribution in [-0.2, 0) is 16.1 Å². The van der Waals surface area contributed by atoms with Crippen molar-refractivity contribution in [2.24, 2.45) is 11.3 Å². The minimum absolute atomic E-state index is 0.0232. The molecule has 0 aromatic heterocycles. The van der Waals surface area contributed by atoms with E-state index in [1.54, 1.807) is 9.80 Å². The number of hydrogen-bond donors (Lipinski definition) is 1. The summed E-state index contributed by atoms with van der Waals surface area (Å²) in [4.78, 5) is 27.9. The molecule has 7 nitrogen and oxygen atoms in total. The lowest BCUT2D eigenvalue weighted by Gasteiger charge is -2.50. The monoisotopic (exact) mass is 376 g/mol. The highest BCUT2D eigenvalue weighted by Gasteiger charge is 2.57. The molecule has 2 saturated heterocycles. The second-order valence-corrected chi connectivity index (χ2v) is 8.50. The Labute approximate surface area is 159 Å². The van der Waals surface area contributed by atoms with Gasteiger partial charge >= 0.3 is 12.2 Å². The Balaban J connectivity index is 1.55. The maximum atomic E-state index is 12.4. The van der Waals surface area contributed by atoms with Crippen molar-refractivity contribution in [3.8, 4) is 0 Å². The highest BCUT2D eigenvalue weighted by molar-refractivity contribution is 5.71. The van der Waals surface area contributed by atoms with Crippen molar-refractivity contribution in [2.75, 3.05) is 32.8 Å². The molecule has 0 bridgehead atoms. The molecule has 0 aliphatic carbocycles. The SMILES string of the molecule is CC(C)(C)OC(=O)N1CC2(CN(C(=O)OCc3ccccc3)C[C@H]2CO)C1. The number of nitrogens with zero attached hydrogens (tertiary/aromatic N) is 2. The molecule has 1 aromatic carbocycles. The zero-order valence-electron chi connectivity index (χ0n) is 16.2. The fourth-order valence-electron chi connectivity index (χ4n) is 3.76. The van der Waals surface area contributed by atoms with Crippen LogP contribution in [0.4, 0.5) is 9.59 Å². The molecule has 2 heterocycles. The van der Waals surface area contributed by atoms with Crippen LogP contribution in [-0.4, -0.2) is 65.5 Å². The van der Waals surface area contributed by atoms with Crippen LogP contribution < -0.4 is 0 Å². The van der Waals surface area contributed by atoms with Crippen LogP contribution >= 0.6 is 0 Å². The van der Waals surface area contributed by atoms with E-state index in [4.69, 9.17) is 9.47 Å². The molecule has 3 rings (SSSR count). The van der Waals surface area contributed by atoms with E-state index in [-0.39, 0.29) is 36.7 Å². The van der Waals surface area contributed by atoms with Gasteiger partial charge in [-0.3, -0.25) is 0 Å². The highest BCUT2D eigenvalue weighted by Crippen LogP contribution is 2.44. The van der Waals surface area contributed by atoms with E-state index in [0.717, 1.165) is 5.56 Å². The molecule has 0 radical (unpaired) electrons. The lowest BCUT2D eigenvalue weighted by Crippen LogP contribution is -2.63. The standard InChI is InChI=1S/C20H28N2O5/c1-19(2,3)27-18(25)22-13-20(14-22)12-21(9-16(20)10-23)17(24)26-11-15-7-5-4-6-8-15/h4-8,16,23H,9-14H2,1-3H3/t16-/m0/s1. The molecular weight excluding hydrogens is 348 g/mol. The number of likely N-dealkylation sites (tertiary alicyclic amines) is 2. The van der Waals surface area contributed by atoms with Gasteiger partial charge in [-0.1, -0.05) is 30.3 Å². The highest BCUT2D eigenvalue weighted by atomic mass is 16.6. The number of hydrogen-bond acceptors (Lipinski definition) is 5. The summed E-state index contributed by atoms with van der Waals surface area (Å²) >= 11 is 0. The van der Waals surface area contributed by atoms with Crippen LogP contribution in [0.15, 0.2) is 30.3 Å². The first-order valence-corrected chi connectivity index (χ1v) is 9.27. The minimum Gasteiger partial charge on any atom is -0.445 e. The topological polar surface area (TPSA) is 79.3 Å². The Morgan fingerprint density at radius 1 is 1.11 bits per heavy atom. The van der Waals surface area contributed by atoms with Crippen LogP contribution in [0.2, 0.25) is 0 Å². The maximum absolute atomic E-state index is 12.4. The molecule has 148 valence electrons. The third kappa shape index (κ3) is 4.35. The number of amides is 2. The Morgan fingerprint density at radius 3 is 2.33 bits per heavy atom. The van der Waals surface area contributed by atoms with E-state index in [1.807, 2.05) is 51.1 Å². The molecule has 27 heavy (non-hydrogen) atoms. The summed E-state index contributed by atoms with van der Waals surface area (Å²) in [7, 11) is 0. The number of aliphatic hydroxyl groups is 1. The van der Waals surface area contributed by atoms with Gasteiger partial charge in [-0.15, -0.1) is 0 Å². The van der Waals surface area contributed by atoms with Gasteiger partial charge in [0.25, 0.3) is 0 Å². The number of carbonyl (C=O) groups is 2. The van der Waals surface area contributed by atoms with Crippen LogP contribution in [0.1, 0.15) is 26.3 Å². The largest absolute Gasteiger partial charge is 0.445 e. The fourth-order valence-corrected chi connectivity index (χ4v) is 3.76.